The van der Waals surface area contributed by atoms with Crippen molar-refractivity contribution in [3.8, 4) is 0 Å². The number of nitrogens with one attached hydrogen (secondary N) is 2. The fourth-order valence-corrected chi connectivity index (χ4v) is 1.26. The summed E-state index contributed by atoms with van der Waals surface area (Å²) < 4.78 is 4.80. The molecule has 0 fully saturated rings. The minimum atomic E-state index is -0.760. The number of esters is 1. The summed E-state index contributed by atoms with van der Waals surface area (Å²) in [6.07, 6.45) is 1.33. The quantitative estimate of drug-likeness (QED) is 0.452. The Morgan fingerprint density at radius 2 is 2.25 bits per heavy atom. The first-order chi connectivity index (χ1) is 9.45. The molecular formula is C11H18N6O3. The second-order valence-corrected chi connectivity index (χ2v) is 4.08. The number of ether oxygens (including phenoxy) is 1. The zero-order valence-corrected chi connectivity index (χ0v) is 11.9. The number of H-pyrrole nitrogens is 1. The van der Waals surface area contributed by atoms with Gasteiger partial charge in [0.25, 0.3) is 5.91 Å². The van der Waals surface area contributed by atoms with Crippen LogP contribution in [0.1, 0.15) is 24.3 Å². The van der Waals surface area contributed by atoms with Crippen molar-refractivity contribution < 1.29 is 14.3 Å². The van der Waals surface area contributed by atoms with Crippen LogP contribution in [-0.4, -0.2) is 53.6 Å². The van der Waals surface area contributed by atoms with Gasteiger partial charge in [0.05, 0.1) is 12.9 Å². The largest absolute Gasteiger partial charge is 0.464 e. The molecule has 0 radical (unpaired) electrons. The molecule has 1 rings (SSSR count). The Bertz CT molecular complexity index is 496. The van der Waals surface area contributed by atoms with Crippen LogP contribution in [0.2, 0.25) is 0 Å². The van der Waals surface area contributed by atoms with E-state index in [4.69, 9.17) is 4.74 Å². The Balaban J connectivity index is 2.73. The zero-order valence-electron chi connectivity index (χ0n) is 11.9. The van der Waals surface area contributed by atoms with Crippen LogP contribution in [0.3, 0.4) is 0 Å². The number of carbonyl (C=O) groups is 2. The summed E-state index contributed by atoms with van der Waals surface area (Å²) in [5.74, 6) is -0.861. The molecular weight excluding hydrogens is 264 g/mol. The van der Waals surface area contributed by atoms with Gasteiger partial charge in [-0.25, -0.2) is 9.78 Å². The van der Waals surface area contributed by atoms with Gasteiger partial charge in [-0.05, 0) is 13.8 Å². The molecule has 0 spiro atoms. The summed E-state index contributed by atoms with van der Waals surface area (Å²) >= 11 is 0. The summed E-state index contributed by atoms with van der Waals surface area (Å²) in [6.45, 7) is 3.49. The smallest absolute Gasteiger partial charge is 0.328 e. The normalized spacial score (nSPS) is 12.2. The number of rotatable bonds is 6. The van der Waals surface area contributed by atoms with Gasteiger partial charge in [0.1, 0.15) is 6.04 Å². The monoisotopic (exact) mass is 282 g/mol. The molecule has 110 valence electrons. The fraction of sp³-hybridized carbons (Fsp3) is 0.545. The first kappa shape index (κ1) is 15.6. The minimum absolute atomic E-state index is 0.131. The van der Waals surface area contributed by atoms with E-state index in [-0.39, 0.29) is 18.1 Å². The third kappa shape index (κ3) is 4.34. The van der Waals surface area contributed by atoms with E-state index >= 15 is 0 Å². The van der Waals surface area contributed by atoms with Crippen LogP contribution in [0, 0.1) is 0 Å². The van der Waals surface area contributed by atoms with E-state index in [1.165, 1.54) is 18.3 Å². The lowest BCUT2D eigenvalue weighted by Crippen LogP contribution is -2.39. The number of hydrogen-bond donors (Lipinski definition) is 2. The Morgan fingerprint density at radius 1 is 1.55 bits per heavy atom. The highest BCUT2D eigenvalue weighted by atomic mass is 16.5. The highest BCUT2D eigenvalue weighted by Gasteiger charge is 2.21. The molecule has 1 atom stereocenters. The molecule has 0 aliphatic carbocycles. The van der Waals surface area contributed by atoms with Crippen molar-refractivity contribution in [3.63, 3.8) is 0 Å². The van der Waals surface area contributed by atoms with E-state index in [1.807, 2.05) is 0 Å². The fourth-order valence-electron chi connectivity index (χ4n) is 1.26. The van der Waals surface area contributed by atoms with Gasteiger partial charge in [-0.3, -0.25) is 9.80 Å². The van der Waals surface area contributed by atoms with Gasteiger partial charge in [0.15, 0.2) is 5.69 Å². The van der Waals surface area contributed by atoms with Crippen LogP contribution in [0.5, 0.6) is 0 Å². The molecule has 0 unspecified atom stereocenters. The summed E-state index contributed by atoms with van der Waals surface area (Å²) in [7, 11) is 3.39. The highest BCUT2D eigenvalue weighted by molar-refractivity contribution is 5.98. The van der Waals surface area contributed by atoms with Gasteiger partial charge < -0.3 is 15.0 Å². The Hall–Kier alpha value is -2.45. The first-order valence-corrected chi connectivity index (χ1v) is 6.05. The minimum Gasteiger partial charge on any atom is -0.464 e. The van der Waals surface area contributed by atoms with E-state index < -0.39 is 17.9 Å². The first-order valence-electron chi connectivity index (χ1n) is 6.05. The number of imidazole rings is 1. The average molecular weight is 282 g/mol. The van der Waals surface area contributed by atoms with Gasteiger partial charge in [-0.2, -0.15) is 0 Å². The van der Waals surface area contributed by atoms with E-state index in [0.29, 0.717) is 0 Å². The maximum atomic E-state index is 12.0. The van der Waals surface area contributed by atoms with Crippen molar-refractivity contribution in [3.05, 3.63) is 12.0 Å². The van der Waals surface area contributed by atoms with Crippen molar-refractivity contribution in [1.82, 2.24) is 20.3 Å². The Kier molecular flexibility index (Phi) is 5.63. The lowest BCUT2D eigenvalue weighted by atomic mass is 10.3. The zero-order chi connectivity index (χ0) is 15.1. The topological polar surface area (TPSA) is 112 Å². The SMILES string of the molecule is CCOC(=O)[C@H](C)NC(=O)c1[nH]cnc1N=NN(C)C. The van der Waals surface area contributed by atoms with Crippen molar-refractivity contribution in [2.75, 3.05) is 20.7 Å². The molecule has 2 N–H and O–H groups in total. The van der Waals surface area contributed by atoms with Crippen LogP contribution >= 0.6 is 0 Å². The summed E-state index contributed by atoms with van der Waals surface area (Å²) in [5.41, 5.74) is 0.131. The number of nitrogens with zero attached hydrogens (tertiary/aromatic N) is 4. The summed E-state index contributed by atoms with van der Waals surface area (Å²) in [5, 5.41) is 11.5. The number of carbonyl (C=O) groups excluding carboxylic acids is 2. The van der Waals surface area contributed by atoms with E-state index in [0.717, 1.165) is 0 Å². The second kappa shape index (κ2) is 7.22. The highest BCUT2D eigenvalue weighted by Crippen LogP contribution is 2.14. The maximum Gasteiger partial charge on any atom is 0.328 e. The lowest BCUT2D eigenvalue weighted by molar-refractivity contribution is -0.144. The summed E-state index contributed by atoms with van der Waals surface area (Å²) in [4.78, 5) is 30.0. The number of aromatic amines is 1. The number of aromatic nitrogens is 2. The number of amides is 1. The maximum absolute atomic E-state index is 12.0. The lowest BCUT2D eigenvalue weighted by Gasteiger charge is -2.11. The molecule has 1 heterocycles. The van der Waals surface area contributed by atoms with Crippen LogP contribution in [0.25, 0.3) is 0 Å². The third-order valence-electron chi connectivity index (χ3n) is 2.15. The van der Waals surface area contributed by atoms with Crippen molar-refractivity contribution in [1.29, 1.82) is 0 Å². The molecule has 9 heteroatoms. The molecule has 0 aliphatic rings. The predicted molar refractivity (Wildman–Crippen MR) is 70.4 cm³/mol. The third-order valence-corrected chi connectivity index (χ3v) is 2.15. The van der Waals surface area contributed by atoms with Gasteiger partial charge in [0.2, 0.25) is 5.82 Å². The number of hydrogen-bond acceptors (Lipinski definition) is 6. The van der Waals surface area contributed by atoms with E-state index in [1.54, 1.807) is 21.0 Å². The van der Waals surface area contributed by atoms with Gasteiger partial charge >= 0.3 is 5.97 Å². The molecule has 9 nitrogen and oxygen atoms in total. The predicted octanol–water partition coefficient (Wildman–Crippen LogP) is 0.651. The molecule has 1 aromatic rings. The van der Waals surface area contributed by atoms with Crippen molar-refractivity contribution in [2.24, 2.45) is 10.3 Å². The van der Waals surface area contributed by atoms with Crippen LogP contribution < -0.4 is 5.32 Å². The van der Waals surface area contributed by atoms with Crippen molar-refractivity contribution in [2.45, 2.75) is 19.9 Å². The summed E-state index contributed by atoms with van der Waals surface area (Å²) in [6, 6.07) is -0.760. The Labute approximate surface area is 116 Å². The Morgan fingerprint density at radius 3 is 2.85 bits per heavy atom. The van der Waals surface area contributed by atoms with Crippen LogP contribution in [0.15, 0.2) is 16.7 Å². The molecule has 0 aliphatic heterocycles. The molecule has 1 amide bonds. The van der Waals surface area contributed by atoms with Crippen LogP contribution in [-0.2, 0) is 9.53 Å². The van der Waals surface area contributed by atoms with E-state index in [2.05, 4.69) is 25.6 Å². The van der Waals surface area contributed by atoms with E-state index in [9.17, 15) is 9.59 Å². The molecule has 20 heavy (non-hydrogen) atoms. The molecule has 0 bridgehead atoms. The van der Waals surface area contributed by atoms with Gasteiger partial charge in [-0.1, -0.05) is 5.22 Å². The van der Waals surface area contributed by atoms with Crippen molar-refractivity contribution >= 4 is 17.7 Å². The van der Waals surface area contributed by atoms with Gasteiger partial charge in [0, 0.05) is 14.1 Å². The van der Waals surface area contributed by atoms with Crippen LogP contribution in [0.4, 0.5) is 5.82 Å². The van der Waals surface area contributed by atoms with Gasteiger partial charge in [-0.15, -0.1) is 5.11 Å². The standard InChI is InChI=1S/C11H18N6O3/c1-5-20-11(19)7(2)14-10(18)8-9(13-6-12-8)15-16-17(3)4/h6-7H,5H2,1-4H3,(H,12,13)(H,14,18)/t7-/m0/s1. The second-order valence-electron chi connectivity index (χ2n) is 4.08. The molecule has 0 saturated heterocycles. The average Bonchev–Trinajstić information content (AvgIpc) is 2.84. The molecule has 1 aromatic heterocycles. The molecule has 0 saturated carbocycles. The molecule has 0 aromatic carbocycles.